The van der Waals surface area contributed by atoms with E-state index in [0.29, 0.717) is 24.2 Å². The number of hydrogen-bond acceptors (Lipinski definition) is 4. The number of nitrogens with zero attached hydrogens (tertiary/aromatic N) is 2. The molecule has 0 aromatic heterocycles. The molecule has 1 amide bonds. The van der Waals surface area contributed by atoms with Gasteiger partial charge in [0.05, 0.1) is 18.9 Å². The second-order valence-electron chi connectivity index (χ2n) is 6.02. The average molecular weight is 338 g/mol. The summed E-state index contributed by atoms with van der Waals surface area (Å²) in [6, 6.07) is 14.8. The molecule has 3 rings (SSSR count). The Morgan fingerprint density at radius 2 is 2.00 bits per heavy atom. The number of carbonyl (C=O) groups is 1. The topological polar surface area (TPSA) is 62.1 Å². The Balaban J connectivity index is 1.99. The monoisotopic (exact) mass is 338 g/mol. The summed E-state index contributed by atoms with van der Waals surface area (Å²) in [5, 5.41) is 16.6. The second-order valence-corrected chi connectivity index (χ2v) is 6.02. The van der Waals surface area contributed by atoms with Crippen LogP contribution in [0.4, 0.5) is 0 Å². The predicted molar refractivity (Wildman–Crippen MR) is 96.7 cm³/mol. The molecule has 0 radical (unpaired) electrons. The highest BCUT2D eigenvalue weighted by molar-refractivity contribution is 6.03. The number of rotatable bonds is 5. The number of hydrogen-bond donors (Lipinski definition) is 1. The minimum atomic E-state index is -0.329. The first-order chi connectivity index (χ1) is 12.2. The first-order valence-corrected chi connectivity index (χ1v) is 8.46. The van der Waals surface area contributed by atoms with Gasteiger partial charge in [-0.3, -0.25) is 4.79 Å². The molecule has 0 aliphatic carbocycles. The first kappa shape index (κ1) is 17.0. The number of phenols is 1. The van der Waals surface area contributed by atoms with Crippen LogP contribution in [-0.4, -0.2) is 28.8 Å². The predicted octanol–water partition coefficient (Wildman–Crippen LogP) is 3.88. The van der Waals surface area contributed by atoms with E-state index in [9.17, 15) is 9.90 Å². The van der Waals surface area contributed by atoms with Crippen molar-refractivity contribution < 1.29 is 14.6 Å². The second kappa shape index (κ2) is 7.38. The van der Waals surface area contributed by atoms with Crippen LogP contribution < -0.4 is 4.74 Å². The minimum Gasteiger partial charge on any atom is -0.504 e. The van der Waals surface area contributed by atoms with Crippen LogP contribution in [0.3, 0.4) is 0 Å². The van der Waals surface area contributed by atoms with Gasteiger partial charge in [-0.1, -0.05) is 49.4 Å². The lowest BCUT2D eigenvalue weighted by Crippen LogP contribution is -2.26. The average Bonchev–Trinajstić information content (AvgIpc) is 3.08. The van der Waals surface area contributed by atoms with E-state index < -0.39 is 0 Å². The molecule has 2 aromatic carbocycles. The van der Waals surface area contributed by atoms with E-state index in [4.69, 9.17) is 4.74 Å². The third kappa shape index (κ3) is 3.36. The summed E-state index contributed by atoms with van der Waals surface area (Å²) in [6.45, 7) is 1.97. The van der Waals surface area contributed by atoms with Gasteiger partial charge in [0.15, 0.2) is 11.5 Å². The van der Waals surface area contributed by atoms with Gasteiger partial charge in [-0.15, -0.1) is 0 Å². The molecule has 0 spiro atoms. The van der Waals surface area contributed by atoms with E-state index in [0.717, 1.165) is 17.7 Å². The van der Waals surface area contributed by atoms with Gasteiger partial charge < -0.3 is 9.84 Å². The van der Waals surface area contributed by atoms with Crippen LogP contribution in [0, 0.1) is 0 Å². The van der Waals surface area contributed by atoms with Crippen LogP contribution in [0.2, 0.25) is 0 Å². The molecule has 1 heterocycles. The molecule has 1 aliphatic rings. The van der Waals surface area contributed by atoms with E-state index in [2.05, 4.69) is 5.10 Å². The van der Waals surface area contributed by atoms with E-state index in [1.807, 2.05) is 49.4 Å². The molecule has 1 N–H and O–H groups in total. The molecular formula is C20H22N2O3. The Kier molecular flexibility index (Phi) is 5.03. The van der Waals surface area contributed by atoms with Crippen LogP contribution in [0.5, 0.6) is 11.5 Å². The lowest BCUT2D eigenvalue weighted by molar-refractivity contribution is -0.133. The Morgan fingerprint density at radius 3 is 2.68 bits per heavy atom. The third-order valence-electron chi connectivity index (χ3n) is 4.35. The van der Waals surface area contributed by atoms with Crippen molar-refractivity contribution in [2.75, 3.05) is 7.11 Å². The van der Waals surface area contributed by atoms with Gasteiger partial charge in [-0.2, -0.15) is 5.10 Å². The van der Waals surface area contributed by atoms with Crippen molar-refractivity contribution in [1.82, 2.24) is 5.01 Å². The standard InChI is InChI=1S/C20H22N2O3/c1-3-8-19(23)22-17(15-11-7-12-18(25-2)20(15)24)13-16(21-22)14-9-5-4-6-10-14/h4-7,9-12,17,24H,3,8,13H2,1-2H3/t17-/m0/s1. The number of hydrazone groups is 1. The van der Waals surface area contributed by atoms with Crippen LogP contribution in [0.1, 0.15) is 43.4 Å². The Bertz CT molecular complexity index is 787. The zero-order chi connectivity index (χ0) is 17.8. The van der Waals surface area contributed by atoms with Crippen LogP contribution in [0.25, 0.3) is 0 Å². The molecule has 0 saturated heterocycles. The highest BCUT2D eigenvalue weighted by atomic mass is 16.5. The molecule has 5 nitrogen and oxygen atoms in total. The van der Waals surface area contributed by atoms with Crippen molar-refractivity contribution in [3.63, 3.8) is 0 Å². The van der Waals surface area contributed by atoms with Crippen molar-refractivity contribution >= 4 is 11.6 Å². The number of methoxy groups -OCH3 is 1. The van der Waals surface area contributed by atoms with E-state index in [-0.39, 0.29) is 17.7 Å². The molecule has 1 atom stereocenters. The SMILES string of the molecule is CCCC(=O)N1N=C(c2ccccc2)C[C@H]1c1cccc(OC)c1O. The summed E-state index contributed by atoms with van der Waals surface area (Å²) in [5.74, 6) is 0.419. The molecule has 5 heteroatoms. The lowest BCUT2D eigenvalue weighted by Gasteiger charge is -2.23. The Labute approximate surface area is 147 Å². The molecule has 25 heavy (non-hydrogen) atoms. The molecule has 0 bridgehead atoms. The van der Waals surface area contributed by atoms with Crippen molar-refractivity contribution in [3.8, 4) is 11.5 Å². The summed E-state index contributed by atoms with van der Waals surface area (Å²) >= 11 is 0. The number of carbonyl (C=O) groups excluding carboxylic acids is 1. The molecule has 0 fully saturated rings. The Morgan fingerprint density at radius 1 is 1.24 bits per heavy atom. The largest absolute Gasteiger partial charge is 0.504 e. The maximum absolute atomic E-state index is 12.6. The van der Waals surface area contributed by atoms with Crippen LogP contribution in [0.15, 0.2) is 53.6 Å². The highest BCUT2D eigenvalue weighted by Crippen LogP contribution is 2.41. The smallest absolute Gasteiger partial charge is 0.243 e. The highest BCUT2D eigenvalue weighted by Gasteiger charge is 2.34. The molecule has 2 aromatic rings. The molecular weight excluding hydrogens is 316 g/mol. The molecule has 1 aliphatic heterocycles. The van der Waals surface area contributed by atoms with Crippen molar-refractivity contribution in [2.24, 2.45) is 5.10 Å². The minimum absolute atomic E-state index is 0.0411. The zero-order valence-electron chi connectivity index (χ0n) is 14.5. The number of para-hydroxylation sites is 1. The fourth-order valence-electron chi connectivity index (χ4n) is 3.09. The third-order valence-corrected chi connectivity index (χ3v) is 4.35. The van der Waals surface area contributed by atoms with Crippen molar-refractivity contribution in [1.29, 1.82) is 0 Å². The van der Waals surface area contributed by atoms with Crippen LogP contribution >= 0.6 is 0 Å². The Hall–Kier alpha value is -2.82. The van der Waals surface area contributed by atoms with Crippen LogP contribution in [-0.2, 0) is 4.79 Å². The van der Waals surface area contributed by atoms with E-state index in [1.165, 1.54) is 12.1 Å². The number of phenolic OH excluding ortho intramolecular Hbond substituents is 1. The number of benzene rings is 2. The lowest BCUT2D eigenvalue weighted by atomic mass is 9.97. The fourth-order valence-corrected chi connectivity index (χ4v) is 3.09. The summed E-state index contributed by atoms with van der Waals surface area (Å²) < 4.78 is 5.21. The number of ether oxygens (including phenoxy) is 1. The van der Waals surface area contributed by atoms with Crippen molar-refractivity contribution in [2.45, 2.75) is 32.2 Å². The summed E-state index contributed by atoms with van der Waals surface area (Å²) in [6.07, 6.45) is 1.73. The molecule has 0 saturated carbocycles. The molecule has 130 valence electrons. The summed E-state index contributed by atoms with van der Waals surface area (Å²) in [4.78, 5) is 12.6. The van der Waals surface area contributed by atoms with Gasteiger partial charge in [-0.25, -0.2) is 5.01 Å². The summed E-state index contributed by atoms with van der Waals surface area (Å²) in [7, 11) is 1.51. The normalized spacial score (nSPS) is 16.6. The number of aromatic hydroxyl groups is 1. The first-order valence-electron chi connectivity index (χ1n) is 8.46. The zero-order valence-corrected chi connectivity index (χ0v) is 14.5. The maximum atomic E-state index is 12.6. The van der Waals surface area contributed by atoms with Gasteiger partial charge in [0.2, 0.25) is 5.91 Å². The number of amides is 1. The fraction of sp³-hybridized carbons (Fsp3) is 0.300. The quantitative estimate of drug-likeness (QED) is 0.900. The summed E-state index contributed by atoms with van der Waals surface area (Å²) in [5.41, 5.74) is 2.48. The van der Waals surface area contributed by atoms with Gasteiger partial charge >= 0.3 is 0 Å². The molecule has 0 unspecified atom stereocenters. The van der Waals surface area contributed by atoms with E-state index in [1.54, 1.807) is 6.07 Å². The van der Waals surface area contributed by atoms with Crippen molar-refractivity contribution in [3.05, 3.63) is 59.7 Å². The maximum Gasteiger partial charge on any atom is 0.243 e. The van der Waals surface area contributed by atoms with Gasteiger partial charge in [0, 0.05) is 18.4 Å². The van der Waals surface area contributed by atoms with Gasteiger partial charge in [0.1, 0.15) is 0 Å². The van der Waals surface area contributed by atoms with E-state index >= 15 is 0 Å². The van der Waals surface area contributed by atoms with Gasteiger partial charge in [-0.05, 0) is 18.1 Å². The van der Waals surface area contributed by atoms with Gasteiger partial charge in [0.25, 0.3) is 0 Å².